The lowest BCUT2D eigenvalue weighted by Gasteiger charge is -2.13. The smallest absolute Gasteiger partial charge is 0.225 e. The Balaban J connectivity index is 1.66. The monoisotopic (exact) mass is 231 g/mol. The SMILES string of the molecule is O=C(NCC1CCC(Cl)C1)C1CCOC1. The zero-order chi connectivity index (χ0) is 10.7. The van der Waals surface area contributed by atoms with Crippen molar-refractivity contribution in [3.63, 3.8) is 0 Å². The van der Waals surface area contributed by atoms with Gasteiger partial charge in [0, 0.05) is 18.5 Å². The molecular formula is C11H18ClNO2. The molecule has 1 amide bonds. The lowest BCUT2D eigenvalue weighted by atomic mass is 10.1. The van der Waals surface area contributed by atoms with Crippen molar-refractivity contribution in [2.75, 3.05) is 19.8 Å². The Morgan fingerprint density at radius 3 is 2.87 bits per heavy atom. The zero-order valence-corrected chi connectivity index (χ0v) is 9.63. The second-order valence-electron chi connectivity index (χ2n) is 4.58. The number of amides is 1. The van der Waals surface area contributed by atoms with Crippen LogP contribution in [0.25, 0.3) is 0 Å². The zero-order valence-electron chi connectivity index (χ0n) is 8.88. The highest BCUT2D eigenvalue weighted by Gasteiger charge is 2.26. The minimum atomic E-state index is 0.0817. The van der Waals surface area contributed by atoms with Gasteiger partial charge < -0.3 is 10.1 Å². The van der Waals surface area contributed by atoms with E-state index >= 15 is 0 Å². The molecule has 1 saturated carbocycles. The van der Waals surface area contributed by atoms with Crippen molar-refractivity contribution in [1.29, 1.82) is 0 Å². The summed E-state index contributed by atoms with van der Waals surface area (Å²) in [6, 6.07) is 0. The molecule has 3 nitrogen and oxygen atoms in total. The lowest BCUT2D eigenvalue weighted by Crippen LogP contribution is -2.34. The summed E-state index contributed by atoms with van der Waals surface area (Å²) in [6.07, 6.45) is 4.15. The summed E-state index contributed by atoms with van der Waals surface area (Å²) in [6.45, 7) is 2.11. The highest BCUT2D eigenvalue weighted by atomic mass is 35.5. The Morgan fingerprint density at radius 1 is 1.40 bits per heavy atom. The van der Waals surface area contributed by atoms with Crippen LogP contribution in [0.4, 0.5) is 0 Å². The van der Waals surface area contributed by atoms with Crippen LogP contribution in [0.5, 0.6) is 0 Å². The third-order valence-electron chi connectivity index (χ3n) is 3.34. The van der Waals surface area contributed by atoms with Crippen LogP contribution in [-0.4, -0.2) is 31.0 Å². The van der Waals surface area contributed by atoms with E-state index in [-0.39, 0.29) is 11.8 Å². The molecule has 0 radical (unpaired) electrons. The van der Waals surface area contributed by atoms with E-state index in [1.54, 1.807) is 0 Å². The minimum Gasteiger partial charge on any atom is -0.381 e. The maximum absolute atomic E-state index is 11.7. The number of carbonyl (C=O) groups excluding carboxylic acids is 1. The number of rotatable bonds is 3. The van der Waals surface area contributed by atoms with Gasteiger partial charge in [-0.3, -0.25) is 4.79 Å². The van der Waals surface area contributed by atoms with Crippen LogP contribution in [0.15, 0.2) is 0 Å². The Hall–Kier alpha value is -0.280. The summed E-state index contributed by atoms with van der Waals surface area (Å²) in [5, 5.41) is 3.33. The van der Waals surface area contributed by atoms with Crippen molar-refractivity contribution in [1.82, 2.24) is 5.32 Å². The standard InChI is InChI=1S/C11H18ClNO2/c12-10-2-1-8(5-10)6-13-11(14)9-3-4-15-7-9/h8-10H,1-7H2,(H,13,14). The van der Waals surface area contributed by atoms with E-state index in [1.165, 1.54) is 0 Å². The molecule has 2 rings (SSSR count). The molecule has 0 bridgehead atoms. The van der Waals surface area contributed by atoms with Gasteiger partial charge in [0.05, 0.1) is 12.5 Å². The fourth-order valence-corrected chi connectivity index (χ4v) is 2.71. The molecule has 0 aromatic rings. The van der Waals surface area contributed by atoms with E-state index in [2.05, 4.69) is 5.32 Å². The molecule has 0 spiro atoms. The first-order chi connectivity index (χ1) is 7.25. The molecule has 15 heavy (non-hydrogen) atoms. The number of ether oxygens (including phenoxy) is 1. The van der Waals surface area contributed by atoms with Gasteiger partial charge in [-0.1, -0.05) is 0 Å². The Labute approximate surface area is 95.5 Å². The summed E-state index contributed by atoms with van der Waals surface area (Å²) in [7, 11) is 0. The van der Waals surface area contributed by atoms with Gasteiger partial charge in [-0.2, -0.15) is 0 Å². The molecule has 0 aromatic carbocycles. The van der Waals surface area contributed by atoms with Gasteiger partial charge in [0.1, 0.15) is 0 Å². The van der Waals surface area contributed by atoms with Gasteiger partial charge in [0.2, 0.25) is 5.91 Å². The van der Waals surface area contributed by atoms with E-state index in [0.717, 1.165) is 38.8 Å². The average Bonchev–Trinajstić information content (AvgIpc) is 2.84. The largest absolute Gasteiger partial charge is 0.381 e. The third-order valence-corrected chi connectivity index (χ3v) is 3.74. The summed E-state index contributed by atoms with van der Waals surface area (Å²) < 4.78 is 5.19. The minimum absolute atomic E-state index is 0.0817. The van der Waals surface area contributed by atoms with E-state index < -0.39 is 0 Å². The van der Waals surface area contributed by atoms with Crippen LogP contribution in [0.1, 0.15) is 25.7 Å². The average molecular weight is 232 g/mol. The van der Waals surface area contributed by atoms with Crippen LogP contribution < -0.4 is 5.32 Å². The number of halogens is 1. The van der Waals surface area contributed by atoms with Gasteiger partial charge in [-0.05, 0) is 31.6 Å². The molecule has 1 aliphatic carbocycles. The Kier molecular flexibility index (Phi) is 3.87. The summed E-state index contributed by atoms with van der Waals surface area (Å²) in [4.78, 5) is 11.7. The van der Waals surface area contributed by atoms with Gasteiger partial charge in [-0.25, -0.2) is 0 Å². The number of nitrogens with one attached hydrogen (secondary N) is 1. The Bertz CT molecular complexity index is 229. The van der Waals surface area contributed by atoms with Crippen molar-refractivity contribution in [2.24, 2.45) is 11.8 Å². The van der Waals surface area contributed by atoms with Gasteiger partial charge in [-0.15, -0.1) is 11.6 Å². The number of hydrogen-bond acceptors (Lipinski definition) is 2. The fourth-order valence-electron chi connectivity index (χ4n) is 2.33. The number of hydrogen-bond donors (Lipinski definition) is 1. The third kappa shape index (κ3) is 3.08. The van der Waals surface area contributed by atoms with Crippen molar-refractivity contribution < 1.29 is 9.53 Å². The predicted octanol–water partition coefficient (Wildman–Crippen LogP) is 1.55. The van der Waals surface area contributed by atoms with E-state index in [1.807, 2.05) is 0 Å². The summed E-state index contributed by atoms with van der Waals surface area (Å²) >= 11 is 6.02. The van der Waals surface area contributed by atoms with Crippen LogP contribution in [0.3, 0.4) is 0 Å². The number of carbonyl (C=O) groups is 1. The highest BCUT2D eigenvalue weighted by molar-refractivity contribution is 6.20. The quantitative estimate of drug-likeness (QED) is 0.749. The van der Waals surface area contributed by atoms with Gasteiger partial charge in [0.15, 0.2) is 0 Å². The molecule has 2 fully saturated rings. The Morgan fingerprint density at radius 2 is 2.27 bits per heavy atom. The van der Waals surface area contributed by atoms with E-state index in [9.17, 15) is 4.79 Å². The van der Waals surface area contributed by atoms with Gasteiger partial charge >= 0.3 is 0 Å². The predicted molar refractivity (Wildman–Crippen MR) is 58.9 cm³/mol. The van der Waals surface area contributed by atoms with Crippen molar-refractivity contribution in [3.05, 3.63) is 0 Å². The van der Waals surface area contributed by atoms with Crippen LogP contribution >= 0.6 is 11.6 Å². The topological polar surface area (TPSA) is 38.3 Å². The fraction of sp³-hybridized carbons (Fsp3) is 0.909. The molecule has 3 atom stereocenters. The van der Waals surface area contributed by atoms with Crippen LogP contribution in [0, 0.1) is 11.8 Å². The summed E-state index contributed by atoms with van der Waals surface area (Å²) in [5.74, 6) is 0.822. The summed E-state index contributed by atoms with van der Waals surface area (Å²) in [5.41, 5.74) is 0. The maximum atomic E-state index is 11.7. The van der Waals surface area contributed by atoms with Crippen molar-refractivity contribution in [2.45, 2.75) is 31.1 Å². The molecule has 1 N–H and O–H groups in total. The molecule has 4 heteroatoms. The van der Waals surface area contributed by atoms with Gasteiger partial charge in [0.25, 0.3) is 0 Å². The van der Waals surface area contributed by atoms with Crippen LogP contribution in [0.2, 0.25) is 0 Å². The molecule has 1 heterocycles. The van der Waals surface area contributed by atoms with E-state index in [0.29, 0.717) is 17.9 Å². The first-order valence-corrected chi connectivity index (χ1v) is 6.19. The second kappa shape index (κ2) is 5.17. The van der Waals surface area contributed by atoms with Crippen molar-refractivity contribution >= 4 is 17.5 Å². The second-order valence-corrected chi connectivity index (χ2v) is 5.20. The highest BCUT2D eigenvalue weighted by Crippen LogP contribution is 2.28. The molecular weight excluding hydrogens is 214 g/mol. The normalized spacial score (nSPS) is 35.7. The molecule has 2 aliphatic rings. The molecule has 1 aliphatic heterocycles. The first kappa shape index (κ1) is 11.2. The molecule has 0 aromatic heterocycles. The number of alkyl halides is 1. The lowest BCUT2D eigenvalue weighted by molar-refractivity contribution is -0.125. The maximum Gasteiger partial charge on any atom is 0.225 e. The van der Waals surface area contributed by atoms with Crippen molar-refractivity contribution in [3.8, 4) is 0 Å². The molecule has 3 unspecified atom stereocenters. The van der Waals surface area contributed by atoms with Crippen LogP contribution in [-0.2, 0) is 9.53 Å². The molecule has 86 valence electrons. The van der Waals surface area contributed by atoms with E-state index in [4.69, 9.17) is 16.3 Å². The molecule has 1 saturated heterocycles. The first-order valence-electron chi connectivity index (χ1n) is 5.75.